The summed E-state index contributed by atoms with van der Waals surface area (Å²) in [5.74, 6) is 7.53. The zero-order valence-electron chi connectivity index (χ0n) is 14.5. The highest BCUT2D eigenvalue weighted by molar-refractivity contribution is 5.80. The Morgan fingerprint density at radius 3 is 1.54 bits per heavy atom. The van der Waals surface area contributed by atoms with Crippen LogP contribution in [0.3, 0.4) is 0 Å². The standard InChI is InChI=1S/C20H18O6/c1-23-17-7-5-15(13-21)19(11-17)25-9-3-4-10-26-20-12-18(24-2)8-6-16(20)14-22/h5-8,11-14H,9-10H2,1-2H3. The van der Waals surface area contributed by atoms with Crippen molar-refractivity contribution in [2.45, 2.75) is 0 Å². The number of methoxy groups -OCH3 is 2. The summed E-state index contributed by atoms with van der Waals surface area (Å²) >= 11 is 0. The third-order valence-electron chi connectivity index (χ3n) is 3.42. The van der Waals surface area contributed by atoms with E-state index in [0.717, 1.165) is 0 Å². The first kappa shape index (κ1) is 18.9. The molecule has 0 radical (unpaired) electrons. The lowest BCUT2D eigenvalue weighted by Crippen LogP contribution is -2.01. The maximum atomic E-state index is 11.0. The quantitative estimate of drug-likeness (QED) is 0.536. The predicted molar refractivity (Wildman–Crippen MR) is 95.5 cm³/mol. The van der Waals surface area contributed by atoms with E-state index in [1.807, 2.05) is 0 Å². The number of aldehydes is 2. The summed E-state index contributed by atoms with van der Waals surface area (Å²) < 4.78 is 21.2. The lowest BCUT2D eigenvalue weighted by Gasteiger charge is -2.08. The van der Waals surface area contributed by atoms with Crippen molar-refractivity contribution in [1.29, 1.82) is 0 Å². The molecule has 0 aliphatic rings. The van der Waals surface area contributed by atoms with E-state index in [4.69, 9.17) is 18.9 Å². The topological polar surface area (TPSA) is 71.1 Å². The first-order valence-electron chi connectivity index (χ1n) is 7.69. The number of ether oxygens (including phenoxy) is 4. The molecule has 0 aliphatic heterocycles. The molecule has 0 aliphatic carbocycles. The van der Waals surface area contributed by atoms with Crippen LogP contribution in [0.5, 0.6) is 23.0 Å². The van der Waals surface area contributed by atoms with Crippen LogP contribution < -0.4 is 18.9 Å². The molecule has 0 N–H and O–H groups in total. The molecule has 0 aromatic heterocycles. The van der Waals surface area contributed by atoms with Gasteiger partial charge in [-0.25, -0.2) is 0 Å². The highest BCUT2D eigenvalue weighted by Crippen LogP contribution is 2.24. The van der Waals surface area contributed by atoms with E-state index in [1.165, 1.54) is 14.2 Å². The van der Waals surface area contributed by atoms with Crippen molar-refractivity contribution in [3.63, 3.8) is 0 Å². The van der Waals surface area contributed by atoms with E-state index in [-0.39, 0.29) is 13.2 Å². The van der Waals surface area contributed by atoms with Crippen molar-refractivity contribution >= 4 is 12.6 Å². The Labute approximate surface area is 151 Å². The van der Waals surface area contributed by atoms with E-state index in [9.17, 15) is 9.59 Å². The zero-order chi connectivity index (χ0) is 18.8. The van der Waals surface area contributed by atoms with Crippen molar-refractivity contribution < 1.29 is 28.5 Å². The summed E-state index contributed by atoms with van der Waals surface area (Å²) in [5.41, 5.74) is 0.826. The van der Waals surface area contributed by atoms with E-state index in [2.05, 4.69) is 11.8 Å². The summed E-state index contributed by atoms with van der Waals surface area (Å²) in [5, 5.41) is 0. The molecule has 0 saturated carbocycles. The molecule has 134 valence electrons. The number of hydrogen-bond donors (Lipinski definition) is 0. The van der Waals surface area contributed by atoms with E-state index < -0.39 is 0 Å². The normalized spacial score (nSPS) is 9.46. The van der Waals surface area contributed by atoms with Gasteiger partial charge in [-0.3, -0.25) is 9.59 Å². The lowest BCUT2D eigenvalue weighted by molar-refractivity contribution is 0.111. The van der Waals surface area contributed by atoms with Gasteiger partial charge in [-0.05, 0) is 24.3 Å². The van der Waals surface area contributed by atoms with E-state index in [1.54, 1.807) is 36.4 Å². The number of carbonyl (C=O) groups is 2. The molecule has 6 nitrogen and oxygen atoms in total. The molecule has 6 heteroatoms. The van der Waals surface area contributed by atoms with Gasteiger partial charge in [0.2, 0.25) is 0 Å². The minimum absolute atomic E-state index is 0.0794. The molecule has 0 saturated heterocycles. The fourth-order valence-electron chi connectivity index (χ4n) is 2.06. The first-order chi connectivity index (χ1) is 12.7. The molecule has 0 unspecified atom stereocenters. The molecule has 0 atom stereocenters. The van der Waals surface area contributed by atoms with Gasteiger partial charge in [-0.15, -0.1) is 0 Å². The smallest absolute Gasteiger partial charge is 0.153 e. The van der Waals surface area contributed by atoms with Gasteiger partial charge in [0.15, 0.2) is 12.6 Å². The Morgan fingerprint density at radius 2 is 1.19 bits per heavy atom. The third-order valence-corrected chi connectivity index (χ3v) is 3.42. The van der Waals surface area contributed by atoms with Crippen molar-refractivity contribution in [3.8, 4) is 34.8 Å². The minimum atomic E-state index is 0.0794. The predicted octanol–water partition coefficient (Wildman–Crippen LogP) is 2.79. The summed E-state index contributed by atoms with van der Waals surface area (Å²) in [7, 11) is 3.06. The summed E-state index contributed by atoms with van der Waals surface area (Å²) in [6, 6.07) is 9.82. The molecule has 0 amide bonds. The Hall–Kier alpha value is -3.46. The Kier molecular flexibility index (Phi) is 7.07. The van der Waals surface area contributed by atoms with E-state index in [0.29, 0.717) is 46.7 Å². The highest BCUT2D eigenvalue weighted by Gasteiger charge is 2.05. The molecule has 2 rings (SSSR count). The largest absolute Gasteiger partial charge is 0.497 e. The Balaban J connectivity index is 1.92. The fraction of sp³-hybridized carbons (Fsp3) is 0.200. The molecule has 2 aromatic rings. The second kappa shape index (κ2) is 9.74. The van der Waals surface area contributed by atoms with Gasteiger partial charge in [0.05, 0.1) is 25.3 Å². The first-order valence-corrected chi connectivity index (χ1v) is 7.69. The van der Waals surface area contributed by atoms with Gasteiger partial charge in [0, 0.05) is 12.1 Å². The molecular formula is C20H18O6. The van der Waals surface area contributed by atoms with E-state index >= 15 is 0 Å². The maximum absolute atomic E-state index is 11.0. The average Bonchev–Trinajstić information content (AvgIpc) is 2.70. The zero-order valence-corrected chi connectivity index (χ0v) is 14.5. The molecular weight excluding hydrogens is 336 g/mol. The van der Waals surface area contributed by atoms with Crippen LogP contribution in [0.1, 0.15) is 20.7 Å². The average molecular weight is 354 g/mol. The van der Waals surface area contributed by atoms with Gasteiger partial charge in [0.1, 0.15) is 36.2 Å². The number of benzene rings is 2. The number of rotatable bonds is 8. The van der Waals surface area contributed by atoms with Gasteiger partial charge < -0.3 is 18.9 Å². The minimum Gasteiger partial charge on any atom is -0.497 e. The van der Waals surface area contributed by atoms with Gasteiger partial charge >= 0.3 is 0 Å². The van der Waals surface area contributed by atoms with Crippen LogP contribution in [0.25, 0.3) is 0 Å². The van der Waals surface area contributed by atoms with Gasteiger partial charge in [0.25, 0.3) is 0 Å². The van der Waals surface area contributed by atoms with Gasteiger partial charge in [-0.2, -0.15) is 0 Å². The second-order valence-electron chi connectivity index (χ2n) is 4.97. The van der Waals surface area contributed by atoms with Crippen molar-refractivity contribution in [2.24, 2.45) is 0 Å². The summed E-state index contributed by atoms with van der Waals surface area (Å²) in [4.78, 5) is 22.0. The van der Waals surface area contributed by atoms with Crippen molar-refractivity contribution in [1.82, 2.24) is 0 Å². The molecule has 2 aromatic carbocycles. The Morgan fingerprint density at radius 1 is 0.769 bits per heavy atom. The Bertz CT molecular complexity index is 764. The van der Waals surface area contributed by atoms with Crippen LogP contribution in [-0.4, -0.2) is 40.0 Å². The van der Waals surface area contributed by atoms with Crippen molar-refractivity contribution in [3.05, 3.63) is 47.5 Å². The molecule has 0 heterocycles. The molecule has 0 bridgehead atoms. The summed E-state index contributed by atoms with van der Waals surface area (Å²) in [6.45, 7) is 0.159. The molecule has 0 fully saturated rings. The fourth-order valence-corrected chi connectivity index (χ4v) is 2.06. The highest BCUT2D eigenvalue weighted by atomic mass is 16.5. The second-order valence-corrected chi connectivity index (χ2v) is 4.97. The van der Waals surface area contributed by atoms with Crippen LogP contribution in [0.4, 0.5) is 0 Å². The maximum Gasteiger partial charge on any atom is 0.153 e. The number of hydrogen-bond acceptors (Lipinski definition) is 6. The molecule has 26 heavy (non-hydrogen) atoms. The lowest BCUT2D eigenvalue weighted by atomic mass is 10.2. The summed E-state index contributed by atoms with van der Waals surface area (Å²) in [6.07, 6.45) is 1.41. The van der Waals surface area contributed by atoms with Crippen LogP contribution in [0, 0.1) is 11.8 Å². The van der Waals surface area contributed by atoms with Crippen LogP contribution in [0.2, 0.25) is 0 Å². The van der Waals surface area contributed by atoms with Crippen LogP contribution >= 0.6 is 0 Å². The van der Waals surface area contributed by atoms with Crippen LogP contribution in [-0.2, 0) is 0 Å². The van der Waals surface area contributed by atoms with Crippen LogP contribution in [0.15, 0.2) is 36.4 Å². The third kappa shape index (κ3) is 5.02. The number of carbonyl (C=O) groups excluding carboxylic acids is 2. The molecule has 0 spiro atoms. The van der Waals surface area contributed by atoms with Gasteiger partial charge in [-0.1, -0.05) is 11.8 Å². The van der Waals surface area contributed by atoms with Crippen molar-refractivity contribution in [2.75, 3.05) is 27.4 Å². The SMILES string of the molecule is COc1ccc(C=O)c(OCC#CCOc2cc(OC)ccc2C=O)c1. The monoisotopic (exact) mass is 354 g/mol.